The summed E-state index contributed by atoms with van der Waals surface area (Å²) in [6, 6.07) is 3.88. The molecule has 0 saturated carbocycles. The van der Waals surface area contributed by atoms with Gasteiger partial charge in [0.15, 0.2) is 0 Å². The minimum Gasteiger partial charge on any atom is -0.478 e. The third-order valence-electron chi connectivity index (χ3n) is 7.90. The zero-order chi connectivity index (χ0) is 37.7. The van der Waals surface area contributed by atoms with Gasteiger partial charge in [0.05, 0.1) is 11.6 Å². The summed E-state index contributed by atoms with van der Waals surface area (Å²) in [4.78, 5) is 69.0. The van der Waals surface area contributed by atoms with Crippen molar-refractivity contribution < 1.29 is 38.6 Å². The third-order valence-corrected chi connectivity index (χ3v) is 7.90. The summed E-state index contributed by atoms with van der Waals surface area (Å²) in [5.74, 6) is -2.71. The van der Waals surface area contributed by atoms with Crippen LogP contribution < -0.4 is 5.32 Å². The van der Waals surface area contributed by atoms with Gasteiger partial charge in [-0.05, 0) is 77.5 Å². The molecule has 0 aliphatic carbocycles. The number of nitrogens with one attached hydrogen (secondary N) is 1. The number of aliphatic carboxylic acids is 1. The first-order valence-corrected chi connectivity index (χ1v) is 16.3. The Hall–Kier alpha value is -3.89. The normalized spacial score (nSPS) is 14.8. The number of carboxylic acids is 1. The molecule has 0 fully saturated rings. The molecule has 48 heavy (non-hydrogen) atoms. The molecular weight excluding hydrogens is 614 g/mol. The first-order valence-electron chi connectivity index (χ1n) is 16.3. The van der Waals surface area contributed by atoms with Crippen LogP contribution in [-0.4, -0.2) is 88.2 Å². The van der Waals surface area contributed by atoms with Gasteiger partial charge in [-0.25, -0.2) is 14.4 Å². The van der Waals surface area contributed by atoms with Gasteiger partial charge < -0.3 is 24.8 Å². The van der Waals surface area contributed by atoms with Crippen LogP contribution in [0.1, 0.15) is 113 Å². The first kappa shape index (κ1) is 42.1. The second-order valence-corrected chi connectivity index (χ2v) is 16.4. The van der Waals surface area contributed by atoms with E-state index in [2.05, 4.69) is 5.32 Å². The molecule has 0 saturated heterocycles. The molecular formula is C37H59N3O8. The maximum absolute atomic E-state index is 14.5. The fourth-order valence-corrected chi connectivity index (χ4v) is 5.26. The van der Waals surface area contributed by atoms with Crippen LogP contribution in [-0.2, 0) is 29.3 Å². The van der Waals surface area contributed by atoms with Gasteiger partial charge in [-0.3, -0.25) is 14.5 Å². The number of hydrogen-bond donors (Lipinski definition) is 2. The Bertz CT molecular complexity index is 1360. The van der Waals surface area contributed by atoms with Gasteiger partial charge in [0.2, 0.25) is 11.8 Å². The summed E-state index contributed by atoms with van der Waals surface area (Å²) in [7, 11) is 3.06. The Labute approximate surface area is 287 Å². The van der Waals surface area contributed by atoms with Crippen molar-refractivity contribution in [2.24, 2.45) is 11.3 Å². The van der Waals surface area contributed by atoms with Gasteiger partial charge in [-0.1, -0.05) is 66.7 Å². The number of nitrogens with zero attached hydrogens (tertiary/aromatic N) is 2. The summed E-state index contributed by atoms with van der Waals surface area (Å²) in [5, 5.41) is 12.4. The van der Waals surface area contributed by atoms with Crippen LogP contribution in [0.15, 0.2) is 35.9 Å². The van der Waals surface area contributed by atoms with E-state index in [0.717, 1.165) is 0 Å². The zero-order valence-electron chi connectivity index (χ0n) is 31.9. The minimum absolute atomic E-state index is 0.100. The van der Waals surface area contributed by atoms with Crippen LogP contribution in [0.5, 0.6) is 0 Å². The Morgan fingerprint density at radius 3 is 1.67 bits per heavy atom. The molecule has 270 valence electrons. The van der Waals surface area contributed by atoms with Gasteiger partial charge in [0.1, 0.15) is 23.3 Å². The molecule has 1 rings (SSSR count). The standard InChI is InChI=1S/C37H59N3O8/c1-22(2)26(21-23(3)31(43)44)39(15)30(42)27(34(4,5)6)38-29(41)28(40(16)33(46)48-36(10,11)12)37(13,14)25-19-17-24(18-20-25)32(45)47-35(7,8)9/h17-22,26-28H,1-16H3,(H,38,41)(H,43,44)/b23-21+/t26-,27-,28?/m1/s1. The lowest BCUT2D eigenvalue weighted by molar-refractivity contribution is -0.142. The van der Waals surface area contributed by atoms with E-state index in [9.17, 15) is 29.1 Å². The minimum atomic E-state index is -1.17. The van der Waals surface area contributed by atoms with Crippen molar-refractivity contribution in [2.45, 2.75) is 132 Å². The van der Waals surface area contributed by atoms with Crippen LogP contribution in [0.3, 0.4) is 0 Å². The molecule has 0 aliphatic heterocycles. The summed E-state index contributed by atoms with van der Waals surface area (Å²) >= 11 is 0. The summed E-state index contributed by atoms with van der Waals surface area (Å²) in [6.45, 7) is 24.8. The van der Waals surface area contributed by atoms with Crippen molar-refractivity contribution in [1.29, 1.82) is 0 Å². The zero-order valence-corrected chi connectivity index (χ0v) is 31.9. The fraction of sp³-hybridized carbons (Fsp3) is 0.649. The third kappa shape index (κ3) is 11.7. The lowest BCUT2D eigenvalue weighted by Crippen LogP contribution is -2.63. The van der Waals surface area contributed by atoms with Gasteiger partial charge in [0, 0.05) is 25.1 Å². The van der Waals surface area contributed by atoms with Gasteiger partial charge >= 0.3 is 18.0 Å². The van der Waals surface area contributed by atoms with Crippen LogP contribution in [0.4, 0.5) is 4.79 Å². The van der Waals surface area contributed by atoms with Gasteiger partial charge in [-0.2, -0.15) is 0 Å². The number of ether oxygens (including phenoxy) is 2. The molecule has 0 aromatic heterocycles. The van der Waals surface area contributed by atoms with E-state index in [4.69, 9.17) is 9.47 Å². The Morgan fingerprint density at radius 2 is 1.27 bits per heavy atom. The molecule has 2 N–H and O–H groups in total. The SMILES string of the molecule is C/C(=C\[C@H](C(C)C)N(C)C(=O)[C@@H](NC(=O)C(N(C)C(=O)OC(C)(C)C)C(C)(C)c1ccc(C(=O)OC(C)(C)C)cc1)C(C)(C)C)C(=O)O. The monoisotopic (exact) mass is 673 g/mol. The van der Waals surface area contributed by atoms with Crippen molar-refractivity contribution in [3.63, 3.8) is 0 Å². The number of rotatable bonds is 11. The van der Waals surface area contributed by atoms with Crippen molar-refractivity contribution >= 4 is 29.8 Å². The molecule has 1 aromatic rings. The largest absolute Gasteiger partial charge is 0.478 e. The molecule has 0 spiro atoms. The smallest absolute Gasteiger partial charge is 0.410 e. The molecule has 0 aliphatic rings. The average Bonchev–Trinajstić information content (AvgIpc) is 2.90. The highest BCUT2D eigenvalue weighted by Gasteiger charge is 2.46. The lowest BCUT2D eigenvalue weighted by Gasteiger charge is -2.42. The predicted molar refractivity (Wildman–Crippen MR) is 187 cm³/mol. The predicted octanol–water partition coefficient (Wildman–Crippen LogP) is 6.20. The van der Waals surface area contributed by atoms with E-state index in [-0.39, 0.29) is 11.5 Å². The van der Waals surface area contributed by atoms with E-state index in [1.807, 2.05) is 34.6 Å². The van der Waals surface area contributed by atoms with Crippen molar-refractivity contribution in [1.82, 2.24) is 15.1 Å². The molecule has 0 heterocycles. The number of hydrogen-bond acceptors (Lipinski definition) is 7. The summed E-state index contributed by atoms with van der Waals surface area (Å²) in [5.41, 5.74) is -2.27. The molecule has 1 unspecified atom stereocenters. The number of carboxylic acid groups (broad SMARTS) is 1. The number of benzene rings is 1. The molecule has 3 atom stereocenters. The number of carbonyl (C=O) groups is 5. The van der Waals surface area contributed by atoms with E-state index in [0.29, 0.717) is 11.1 Å². The molecule has 11 heteroatoms. The quantitative estimate of drug-likeness (QED) is 0.209. The van der Waals surface area contributed by atoms with Crippen LogP contribution in [0, 0.1) is 11.3 Å². The van der Waals surface area contributed by atoms with E-state index in [1.54, 1.807) is 86.7 Å². The van der Waals surface area contributed by atoms with Crippen LogP contribution in [0.2, 0.25) is 0 Å². The Kier molecular flexibility index (Phi) is 13.7. The topological polar surface area (TPSA) is 143 Å². The number of carbonyl (C=O) groups excluding carboxylic acids is 4. The van der Waals surface area contributed by atoms with Crippen LogP contribution in [0.25, 0.3) is 0 Å². The molecule has 11 nitrogen and oxygen atoms in total. The lowest BCUT2D eigenvalue weighted by atomic mass is 9.76. The fourth-order valence-electron chi connectivity index (χ4n) is 5.26. The highest BCUT2D eigenvalue weighted by Crippen LogP contribution is 2.33. The molecule has 1 aromatic carbocycles. The number of amides is 3. The summed E-state index contributed by atoms with van der Waals surface area (Å²) < 4.78 is 11.1. The Balaban J connectivity index is 3.70. The first-order chi connectivity index (χ1) is 21.5. The summed E-state index contributed by atoms with van der Waals surface area (Å²) in [6.07, 6.45) is 0.807. The molecule has 3 amide bonds. The highest BCUT2D eigenvalue weighted by atomic mass is 16.6. The second-order valence-electron chi connectivity index (χ2n) is 16.4. The van der Waals surface area contributed by atoms with Crippen molar-refractivity contribution in [2.75, 3.05) is 14.1 Å². The van der Waals surface area contributed by atoms with E-state index in [1.165, 1.54) is 29.8 Å². The Morgan fingerprint density at radius 1 is 0.792 bits per heavy atom. The highest BCUT2D eigenvalue weighted by molar-refractivity contribution is 5.93. The van der Waals surface area contributed by atoms with Crippen molar-refractivity contribution in [3.8, 4) is 0 Å². The van der Waals surface area contributed by atoms with Gasteiger partial charge in [0.25, 0.3) is 0 Å². The average molecular weight is 674 g/mol. The van der Waals surface area contributed by atoms with E-state index < -0.39 is 70.0 Å². The van der Waals surface area contributed by atoms with Crippen LogP contribution >= 0.6 is 0 Å². The maximum Gasteiger partial charge on any atom is 0.410 e. The maximum atomic E-state index is 14.5. The molecule has 0 bridgehead atoms. The molecule has 0 radical (unpaired) electrons. The van der Waals surface area contributed by atoms with Gasteiger partial charge in [-0.15, -0.1) is 0 Å². The van der Waals surface area contributed by atoms with E-state index >= 15 is 0 Å². The van der Waals surface area contributed by atoms with Crippen molar-refractivity contribution in [3.05, 3.63) is 47.0 Å². The number of esters is 1. The number of likely N-dealkylation sites (N-methyl/N-ethyl adjacent to an activating group) is 2. The second kappa shape index (κ2) is 15.6.